The molecule has 2 N–H and O–H groups in total. The summed E-state index contributed by atoms with van der Waals surface area (Å²) in [6.07, 6.45) is 0. The van der Waals surface area contributed by atoms with Gasteiger partial charge >= 0.3 is 5.69 Å². The van der Waals surface area contributed by atoms with Gasteiger partial charge in [0.1, 0.15) is 10.8 Å². The van der Waals surface area contributed by atoms with Gasteiger partial charge in [-0.05, 0) is 42.8 Å². The summed E-state index contributed by atoms with van der Waals surface area (Å²) >= 11 is 5.81. The van der Waals surface area contributed by atoms with Crippen molar-refractivity contribution < 1.29 is 9.66 Å². The number of halogens is 1. The Morgan fingerprint density at radius 3 is 2.63 bits per heavy atom. The van der Waals surface area contributed by atoms with E-state index in [-0.39, 0.29) is 16.5 Å². The van der Waals surface area contributed by atoms with Crippen LogP contribution < -0.4 is 10.5 Å². The number of ether oxygens (including phenoxy) is 1. The van der Waals surface area contributed by atoms with Crippen molar-refractivity contribution in [1.29, 1.82) is 0 Å². The van der Waals surface area contributed by atoms with E-state index in [1.165, 1.54) is 12.1 Å². The van der Waals surface area contributed by atoms with E-state index in [9.17, 15) is 10.1 Å². The van der Waals surface area contributed by atoms with Crippen LogP contribution in [-0.4, -0.2) is 4.92 Å². The third-order valence-corrected chi connectivity index (χ3v) is 2.86. The lowest BCUT2D eigenvalue weighted by Gasteiger charge is -2.10. The maximum Gasteiger partial charge on any atom is 0.329 e. The Morgan fingerprint density at radius 2 is 2.00 bits per heavy atom. The van der Waals surface area contributed by atoms with Crippen LogP contribution in [0.2, 0.25) is 5.02 Å². The molecule has 0 bridgehead atoms. The van der Waals surface area contributed by atoms with Crippen LogP contribution >= 0.6 is 11.6 Å². The molecular formula is C13H11ClN2O3. The van der Waals surface area contributed by atoms with Crippen LogP contribution in [0.5, 0.6) is 11.5 Å². The molecule has 0 radical (unpaired) electrons. The standard InChI is InChI=1S/C13H11ClN2O3/c1-8-7-9(15)5-6-11(8)19-12-4-2-3-10(14)13(12)16(17)18/h2-7H,15H2,1H3. The predicted octanol–water partition coefficient (Wildman–Crippen LogP) is 3.93. The van der Waals surface area contributed by atoms with Crippen LogP contribution in [-0.2, 0) is 0 Å². The molecule has 6 heteroatoms. The number of nitro benzene ring substituents is 1. The fourth-order valence-electron chi connectivity index (χ4n) is 1.66. The SMILES string of the molecule is Cc1cc(N)ccc1Oc1cccc(Cl)c1[N+](=O)[O-]. The van der Waals surface area contributed by atoms with Gasteiger partial charge in [0, 0.05) is 5.69 Å². The maximum atomic E-state index is 11.0. The molecule has 0 saturated carbocycles. The van der Waals surface area contributed by atoms with Crippen LogP contribution in [0.3, 0.4) is 0 Å². The van der Waals surface area contributed by atoms with Crippen LogP contribution in [0, 0.1) is 17.0 Å². The van der Waals surface area contributed by atoms with Crippen LogP contribution in [0.1, 0.15) is 5.56 Å². The fraction of sp³-hybridized carbons (Fsp3) is 0.0769. The lowest BCUT2D eigenvalue weighted by Crippen LogP contribution is -1.96. The monoisotopic (exact) mass is 278 g/mol. The molecule has 0 aliphatic heterocycles. The van der Waals surface area contributed by atoms with E-state index in [1.54, 1.807) is 24.3 Å². The minimum Gasteiger partial charge on any atom is -0.450 e. The molecular weight excluding hydrogens is 268 g/mol. The molecule has 0 fully saturated rings. The van der Waals surface area contributed by atoms with Gasteiger partial charge in [-0.2, -0.15) is 0 Å². The zero-order valence-electron chi connectivity index (χ0n) is 10.1. The molecule has 98 valence electrons. The first-order valence-corrected chi connectivity index (χ1v) is 5.83. The number of nitrogens with zero attached hydrogens (tertiary/aromatic N) is 1. The Morgan fingerprint density at radius 1 is 1.26 bits per heavy atom. The van der Waals surface area contributed by atoms with E-state index in [4.69, 9.17) is 22.1 Å². The number of nitro groups is 1. The smallest absolute Gasteiger partial charge is 0.329 e. The lowest BCUT2D eigenvalue weighted by atomic mass is 10.2. The molecule has 0 atom stereocenters. The largest absolute Gasteiger partial charge is 0.450 e. The first kappa shape index (κ1) is 13.2. The average molecular weight is 279 g/mol. The van der Waals surface area contributed by atoms with Crippen LogP contribution in [0.4, 0.5) is 11.4 Å². The van der Waals surface area contributed by atoms with Gasteiger partial charge in [-0.3, -0.25) is 10.1 Å². The highest BCUT2D eigenvalue weighted by Crippen LogP contribution is 2.37. The highest BCUT2D eigenvalue weighted by Gasteiger charge is 2.20. The Bertz CT molecular complexity index is 644. The van der Waals surface area contributed by atoms with Crippen molar-refractivity contribution >= 4 is 23.0 Å². The van der Waals surface area contributed by atoms with Gasteiger partial charge in [0.05, 0.1) is 4.92 Å². The van der Waals surface area contributed by atoms with Gasteiger partial charge in [0.2, 0.25) is 5.75 Å². The highest BCUT2D eigenvalue weighted by atomic mass is 35.5. The molecule has 0 heterocycles. The molecule has 0 aliphatic carbocycles. The average Bonchev–Trinajstić information content (AvgIpc) is 2.32. The zero-order chi connectivity index (χ0) is 14.0. The summed E-state index contributed by atoms with van der Waals surface area (Å²) < 4.78 is 5.56. The summed E-state index contributed by atoms with van der Waals surface area (Å²) in [4.78, 5) is 10.4. The molecule has 2 aromatic carbocycles. The van der Waals surface area contributed by atoms with Gasteiger partial charge < -0.3 is 10.5 Å². The quantitative estimate of drug-likeness (QED) is 0.524. The number of benzene rings is 2. The molecule has 0 unspecified atom stereocenters. The maximum absolute atomic E-state index is 11.0. The van der Waals surface area contributed by atoms with Crippen molar-refractivity contribution in [3.05, 3.63) is 57.1 Å². The van der Waals surface area contributed by atoms with Gasteiger partial charge in [-0.25, -0.2) is 0 Å². The second-order valence-corrected chi connectivity index (χ2v) is 4.38. The van der Waals surface area contributed by atoms with E-state index in [1.807, 2.05) is 6.92 Å². The van der Waals surface area contributed by atoms with Gasteiger partial charge in [0.15, 0.2) is 0 Å². The summed E-state index contributed by atoms with van der Waals surface area (Å²) in [5.41, 5.74) is 6.78. The van der Waals surface area contributed by atoms with Gasteiger partial charge in [-0.1, -0.05) is 17.7 Å². The van der Waals surface area contributed by atoms with Crippen molar-refractivity contribution in [2.45, 2.75) is 6.92 Å². The number of nitrogen functional groups attached to an aromatic ring is 1. The molecule has 5 nitrogen and oxygen atoms in total. The minimum atomic E-state index is -0.565. The third kappa shape index (κ3) is 2.77. The highest BCUT2D eigenvalue weighted by molar-refractivity contribution is 6.32. The predicted molar refractivity (Wildman–Crippen MR) is 73.8 cm³/mol. The van der Waals surface area contributed by atoms with Crippen molar-refractivity contribution in [2.75, 3.05) is 5.73 Å². The summed E-state index contributed by atoms with van der Waals surface area (Å²) in [6.45, 7) is 1.81. The molecule has 0 saturated heterocycles. The summed E-state index contributed by atoms with van der Waals surface area (Å²) in [6, 6.07) is 9.60. The van der Waals surface area contributed by atoms with Crippen molar-refractivity contribution in [2.24, 2.45) is 0 Å². The zero-order valence-corrected chi connectivity index (χ0v) is 10.8. The number of hydrogen-bond acceptors (Lipinski definition) is 4. The number of anilines is 1. The molecule has 0 aromatic heterocycles. The number of para-hydroxylation sites is 1. The Kier molecular flexibility index (Phi) is 3.57. The number of nitrogens with two attached hydrogens (primary N) is 1. The molecule has 2 rings (SSSR count). The Hall–Kier alpha value is -2.27. The van der Waals surface area contributed by atoms with Crippen molar-refractivity contribution in [3.8, 4) is 11.5 Å². The fourth-order valence-corrected chi connectivity index (χ4v) is 1.90. The van der Waals surface area contributed by atoms with Crippen LogP contribution in [0.25, 0.3) is 0 Å². The normalized spacial score (nSPS) is 10.2. The van der Waals surface area contributed by atoms with Crippen molar-refractivity contribution in [3.63, 3.8) is 0 Å². The summed E-state index contributed by atoms with van der Waals surface area (Å²) in [7, 11) is 0. The first-order valence-electron chi connectivity index (χ1n) is 5.46. The van der Waals surface area contributed by atoms with E-state index in [0.717, 1.165) is 5.56 Å². The van der Waals surface area contributed by atoms with E-state index in [2.05, 4.69) is 0 Å². The number of aryl methyl sites for hydroxylation is 1. The Balaban J connectivity index is 2.44. The molecule has 0 amide bonds. The number of rotatable bonds is 3. The molecule has 0 spiro atoms. The summed E-state index contributed by atoms with van der Waals surface area (Å²) in [5, 5.41) is 11.0. The van der Waals surface area contributed by atoms with Gasteiger partial charge in [-0.15, -0.1) is 0 Å². The first-order chi connectivity index (χ1) is 8.99. The van der Waals surface area contributed by atoms with Crippen molar-refractivity contribution in [1.82, 2.24) is 0 Å². The van der Waals surface area contributed by atoms with E-state index >= 15 is 0 Å². The second kappa shape index (κ2) is 5.16. The van der Waals surface area contributed by atoms with Crippen LogP contribution in [0.15, 0.2) is 36.4 Å². The Labute approximate surface area is 114 Å². The van der Waals surface area contributed by atoms with E-state index in [0.29, 0.717) is 11.4 Å². The molecule has 19 heavy (non-hydrogen) atoms. The topological polar surface area (TPSA) is 78.4 Å². The lowest BCUT2D eigenvalue weighted by molar-refractivity contribution is -0.385. The van der Waals surface area contributed by atoms with Gasteiger partial charge in [0.25, 0.3) is 0 Å². The minimum absolute atomic E-state index is 0.0376. The number of hydrogen-bond donors (Lipinski definition) is 1. The molecule has 2 aromatic rings. The second-order valence-electron chi connectivity index (χ2n) is 3.97. The molecule has 0 aliphatic rings. The summed E-state index contributed by atoms with van der Waals surface area (Å²) in [5.74, 6) is 0.602. The third-order valence-electron chi connectivity index (χ3n) is 2.55. The van der Waals surface area contributed by atoms with E-state index < -0.39 is 4.92 Å².